The molecule has 0 heterocycles. The number of carboxylic acids is 1. The molecule has 0 aromatic rings. The van der Waals surface area contributed by atoms with Crippen molar-refractivity contribution in [3.05, 3.63) is 0 Å². The standard InChI is InChI=1S/C8H18N2O2/c9-6-2-1-3-7(10)4-5-8(11)12/h7H,1-6,9-10H2,(H,11,12). The smallest absolute Gasteiger partial charge is 0.303 e. The molecule has 0 aromatic carbocycles. The number of hydrogen-bond donors (Lipinski definition) is 3. The van der Waals surface area contributed by atoms with Crippen molar-refractivity contribution in [2.45, 2.75) is 38.1 Å². The number of rotatable bonds is 7. The van der Waals surface area contributed by atoms with Crippen LogP contribution in [-0.2, 0) is 4.79 Å². The van der Waals surface area contributed by atoms with Gasteiger partial charge in [-0.05, 0) is 25.8 Å². The van der Waals surface area contributed by atoms with E-state index in [-0.39, 0.29) is 12.5 Å². The number of carbonyl (C=O) groups is 1. The predicted octanol–water partition coefficient (Wildman–Crippen LogP) is 0.308. The van der Waals surface area contributed by atoms with Gasteiger partial charge in [-0.1, -0.05) is 6.42 Å². The molecule has 0 bridgehead atoms. The fraction of sp³-hybridized carbons (Fsp3) is 0.875. The molecule has 0 spiro atoms. The Balaban J connectivity index is 3.21. The Morgan fingerprint density at radius 3 is 2.50 bits per heavy atom. The Labute approximate surface area is 72.9 Å². The molecular weight excluding hydrogens is 156 g/mol. The molecule has 0 fully saturated rings. The third kappa shape index (κ3) is 7.50. The summed E-state index contributed by atoms with van der Waals surface area (Å²) in [5, 5.41) is 8.36. The third-order valence-corrected chi connectivity index (χ3v) is 1.76. The van der Waals surface area contributed by atoms with Gasteiger partial charge in [-0.25, -0.2) is 0 Å². The maximum absolute atomic E-state index is 10.2. The van der Waals surface area contributed by atoms with Crippen LogP contribution in [0.2, 0.25) is 0 Å². The van der Waals surface area contributed by atoms with E-state index in [1.807, 2.05) is 0 Å². The van der Waals surface area contributed by atoms with E-state index in [2.05, 4.69) is 0 Å². The highest BCUT2D eigenvalue weighted by Crippen LogP contribution is 2.03. The molecule has 4 nitrogen and oxygen atoms in total. The largest absolute Gasteiger partial charge is 0.481 e. The lowest BCUT2D eigenvalue weighted by molar-refractivity contribution is -0.137. The Kier molecular flexibility index (Phi) is 6.70. The first-order valence-corrected chi connectivity index (χ1v) is 4.34. The highest BCUT2D eigenvalue weighted by atomic mass is 16.4. The van der Waals surface area contributed by atoms with Gasteiger partial charge in [0.25, 0.3) is 0 Å². The summed E-state index contributed by atoms with van der Waals surface area (Å²) in [6.07, 6.45) is 3.59. The van der Waals surface area contributed by atoms with Crippen molar-refractivity contribution >= 4 is 5.97 Å². The molecular formula is C8H18N2O2. The maximum atomic E-state index is 10.2. The summed E-state index contributed by atoms with van der Waals surface area (Å²) >= 11 is 0. The number of carboxylic acid groups (broad SMARTS) is 1. The number of aliphatic carboxylic acids is 1. The van der Waals surface area contributed by atoms with Crippen LogP contribution in [0.1, 0.15) is 32.1 Å². The van der Waals surface area contributed by atoms with Gasteiger partial charge in [0, 0.05) is 12.5 Å². The summed E-state index contributed by atoms with van der Waals surface area (Å²) in [4.78, 5) is 10.2. The van der Waals surface area contributed by atoms with E-state index in [9.17, 15) is 4.79 Å². The van der Waals surface area contributed by atoms with Crippen LogP contribution in [0.15, 0.2) is 0 Å². The van der Waals surface area contributed by atoms with Crippen LogP contribution >= 0.6 is 0 Å². The lowest BCUT2D eigenvalue weighted by atomic mass is 10.1. The lowest BCUT2D eigenvalue weighted by Crippen LogP contribution is -2.21. The molecule has 72 valence electrons. The minimum atomic E-state index is -0.774. The third-order valence-electron chi connectivity index (χ3n) is 1.76. The zero-order valence-corrected chi connectivity index (χ0v) is 7.33. The monoisotopic (exact) mass is 174 g/mol. The molecule has 1 atom stereocenters. The van der Waals surface area contributed by atoms with Gasteiger partial charge < -0.3 is 16.6 Å². The van der Waals surface area contributed by atoms with Gasteiger partial charge in [0.1, 0.15) is 0 Å². The summed E-state index contributed by atoms with van der Waals surface area (Å²) in [6, 6.07) is 0.0210. The molecule has 5 N–H and O–H groups in total. The topological polar surface area (TPSA) is 89.3 Å². The molecule has 0 aliphatic heterocycles. The van der Waals surface area contributed by atoms with E-state index >= 15 is 0 Å². The Morgan fingerprint density at radius 1 is 1.33 bits per heavy atom. The van der Waals surface area contributed by atoms with Crippen LogP contribution < -0.4 is 11.5 Å². The summed E-state index contributed by atoms with van der Waals surface area (Å²) in [6.45, 7) is 0.686. The maximum Gasteiger partial charge on any atom is 0.303 e. The van der Waals surface area contributed by atoms with E-state index in [1.54, 1.807) is 0 Å². The van der Waals surface area contributed by atoms with Crippen molar-refractivity contribution in [3.8, 4) is 0 Å². The molecule has 12 heavy (non-hydrogen) atoms. The van der Waals surface area contributed by atoms with Crippen molar-refractivity contribution in [2.75, 3.05) is 6.54 Å². The summed E-state index contributed by atoms with van der Waals surface area (Å²) in [7, 11) is 0. The van der Waals surface area contributed by atoms with E-state index in [0.717, 1.165) is 19.3 Å². The minimum absolute atomic E-state index is 0.0210. The van der Waals surface area contributed by atoms with E-state index in [0.29, 0.717) is 13.0 Å². The predicted molar refractivity (Wildman–Crippen MR) is 47.8 cm³/mol. The van der Waals surface area contributed by atoms with Gasteiger partial charge in [0.2, 0.25) is 0 Å². The average molecular weight is 174 g/mol. The first kappa shape index (κ1) is 11.4. The zero-order chi connectivity index (χ0) is 9.40. The van der Waals surface area contributed by atoms with Crippen molar-refractivity contribution in [1.29, 1.82) is 0 Å². The molecule has 1 unspecified atom stereocenters. The highest BCUT2D eigenvalue weighted by Gasteiger charge is 2.04. The second kappa shape index (κ2) is 7.06. The Bertz CT molecular complexity index is 128. The molecule has 0 amide bonds. The minimum Gasteiger partial charge on any atom is -0.481 e. The van der Waals surface area contributed by atoms with Crippen molar-refractivity contribution < 1.29 is 9.90 Å². The summed E-state index contributed by atoms with van der Waals surface area (Å²) < 4.78 is 0. The number of hydrogen-bond acceptors (Lipinski definition) is 3. The van der Waals surface area contributed by atoms with Gasteiger partial charge in [0.05, 0.1) is 0 Å². The van der Waals surface area contributed by atoms with Crippen LogP contribution in [0, 0.1) is 0 Å². The highest BCUT2D eigenvalue weighted by molar-refractivity contribution is 5.66. The summed E-state index contributed by atoms with van der Waals surface area (Å²) in [5.41, 5.74) is 11.0. The Morgan fingerprint density at radius 2 is 2.00 bits per heavy atom. The normalized spacial score (nSPS) is 12.8. The van der Waals surface area contributed by atoms with Crippen LogP contribution in [0.4, 0.5) is 0 Å². The Hall–Kier alpha value is -0.610. The molecule has 0 aliphatic carbocycles. The average Bonchev–Trinajstić information content (AvgIpc) is 2.01. The summed E-state index contributed by atoms with van der Waals surface area (Å²) in [5.74, 6) is -0.774. The number of unbranched alkanes of at least 4 members (excludes halogenated alkanes) is 1. The van der Waals surface area contributed by atoms with Crippen LogP contribution in [0.3, 0.4) is 0 Å². The fourth-order valence-electron chi connectivity index (χ4n) is 1.00. The number of nitrogens with two attached hydrogens (primary N) is 2. The second-order valence-corrected chi connectivity index (χ2v) is 2.98. The van der Waals surface area contributed by atoms with Gasteiger partial charge in [-0.15, -0.1) is 0 Å². The molecule has 0 saturated heterocycles. The first-order valence-electron chi connectivity index (χ1n) is 4.34. The molecule has 0 aromatic heterocycles. The quantitative estimate of drug-likeness (QED) is 0.484. The van der Waals surface area contributed by atoms with Gasteiger partial charge in [0.15, 0.2) is 0 Å². The molecule has 0 saturated carbocycles. The van der Waals surface area contributed by atoms with Crippen LogP contribution in [0.25, 0.3) is 0 Å². The lowest BCUT2D eigenvalue weighted by Gasteiger charge is -2.08. The molecule has 0 rings (SSSR count). The van der Waals surface area contributed by atoms with E-state index < -0.39 is 5.97 Å². The first-order chi connectivity index (χ1) is 5.66. The van der Waals surface area contributed by atoms with Crippen molar-refractivity contribution in [2.24, 2.45) is 11.5 Å². The second-order valence-electron chi connectivity index (χ2n) is 2.98. The van der Waals surface area contributed by atoms with Crippen molar-refractivity contribution in [1.82, 2.24) is 0 Å². The molecule has 0 radical (unpaired) electrons. The van der Waals surface area contributed by atoms with Crippen molar-refractivity contribution in [3.63, 3.8) is 0 Å². The van der Waals surface area contributed by atoms with Gasteiger partial charge >= 0.3 is 5.97 Å². The zero-order valence-electron chi connectivity index (χ0n) is 7.33. The van der Waals surface area contributed by atoms with E-state index in [4.69, 9.17) is 16.6 Å². The van der Waals surface area contributed by atoms with E-state index in [1.165, 1.54) is 0 Å². The fourth-order valence-corrected chi connectivity index (χ4v) is 1.00. The molecule has 4 heteroatoms. The molecule has 0 aliphatic rings. The van der Waals surface area contributed by atoms with Crippen LogP contribution in [0.5, 0.6) is 0 Å². The SMILES string of the molecule is NCCCCC(N)CCC(=O)O. The van der Waals surface area contributed by atoms with Gasteiger partial charge in [-0.3, -0.25) is 4.79 Å². The van der Waals surface area contributed by atoms with Gasteiger partial charge in [-0.2, -0.15) is 0 Å². The van der Waals surface area contributed by atoms with Crippen LogP contribution in [-0.4, -0.2) is 23.7 Å².